The molecule has 1 aromatic carbocycles. The molecule has 0 radical (unpaired) electrons. The van der Waals surface area contributed by atoms with Gasteiger partial charge in [-0.1, -0.05) is 11.6 Å². The first-order valence-electron chi connectivity index (χ1n) is 9.19. The third kappa shape index (κ3) is 3.77. The molecular weight excluding hydrogens is 394 g/mol. The molecule has 1 saturated heterocycles. The first kappa shape index (κ1) is 19.3. The predicted molar refractivity (Wildman–Crippen MR) is 113 cm³/mol. The predicted octanol–water partition coefficient (Wildman–Crippen LogP) is 2.31. The van der Waals surface area contributed by atoms with E-state index in [1.54, 1.807) is 26.4 Å². The smallest absolute Gasteiger partial charge is 0.228 e. The van der Waals surface area contributed by atoms with Gasteiger partial charge in [0, 0.05) is 43.7 Å². The topological polar surface area (TPSA) is 103 Å². The number of halogens is 1. The second kappa shape index (κ2) is 7.75. The summed E-state index contributed by atoms with van der Waals surface area (Å²) in [5.41, 5.74) is 6.93. The monoisotopic (exact) mass is 415 g/mol. The molecule has 0 spiro atoms. The van der Waals surface area contributed by atoms with Crippen molar-refractivity contribution < 1.29 is 9.47 Å². The third-order valence-electron chi connectivity index (χ3n) is 4.90. The van der Waals surface area contributed by atoms with E-state index in [4.69, 9.17) is 31.8 Å². The number of hydrogen-bond donors (Lipinski definition) is 1. The van der Waals surface area contributed by atoms with E-state index < -0.39 is 0 Å². The van der Waals surface area contributed by atoms with Crippen molar-refractivity contribution in [1.82, 2.24) is 19.9 Å². The molecule has 0 amide bonds. The van der Waals surface area contributed by atoms with Gasteiger partial charge in [-0.05, 0) is 13.0 Å². The van der Waals surface area contributed by atoms with Gasteiger partial charge in [0.15, 0.2) is 11.5 Å². The standard InChI is InChI=1S/C19H22ClN7O2/c1-11-22-16(20)10-17(23-11)26-4-6-27(7-5-26)19-24-13-9-15(29-3)14(28-2)8-12(13)18(21)25-19/h8-10H,4-7H2,1-3H3,(H2,21,24,25). The van der Waals surface area contributed by atoms with Crippen LogP contribution in [0.4, 0.5) is 17.6 Å². The van der Waals surface area contributed by atoms with Crippen molar-refractivity contribution >= 4 is 40.1 Å². The molecule has 152 valence electrons. The van der Waals surface area contributed by atoms with E-state index in [0.717, 1.165) is 37.4 Å². The minimum absolute atomic E-state index is 0.409. The van der Waals surface area contributed by atoms with Crippen LogP contribution in [0.1, 0.15) is 5.82 Å². The zero-order valence-electron chi connectivity index (χ0n) is 16.5. The Morgan fingerprint density at radius 1 is 0.897 bits per heavy atom. The highest BCUT2D eigenvalue weighted by Gasteiger charge is 2.22. The van der Waals surface area contributed by atoms with Crippen LogP contribution in [0.2, 0.25) is 5.15 Å². The Morgan fingerprint density at radius 3 is 2.21 bits per heavy atom. The van der Waals surface area contributed by atoms with Crippen molar-refractivity contribution in [3.8, 4) is 11.5 Å². The molecule has 1 aliphatic rings. The van der Waals surface area contributed by atoms with Gasteiger partial charge in [-0.15, -0.1) is 0 Å². The van der Waals surface area contributed by atoms with Crippen molar-refractivity contribution in [3.63, 3.8) is 0 Å². The molecule has 0 atom stereocenters. The number of nitrogens with zero attached hydrogens (tertiary/aromatic N) is 6. The zero-order chi connectivity index (χ0) is 20.5. The van der Waals surface area contributed by atoms with E-state index in [9.17, 15) is 0 Å². The largest absolute Gasteiger partial charge is 0.493 e. The number of hydrogen-bond acceptors (Lipinski definition) is 9. The highest BCUT2D eigenvalue weighted by molar-refractivity contribution is 6.29. The van der Waals surface area contributed by atoms with Crippen molar-refractivity contribution in [3.05, 3.63) is 29.2 Å². The number of aryl methyl sites for hydroxylation is 1. The van der Waals surface area contributed by atoms with Crippen molar-refractivity contribution in [2.45, 2.75) is 6.92 Å². The highest BCUT2D eigenvalue weighted by Crippen LogP contribution is 2.34. The Morgan fingerprint density at radius 2 is 1.55 bits per heavy atom. The maximum atomic E-state index is 6.21. The fraction of sp³-hybridized carbons (Fsp3) is 0.368. The number of ether oxygens (including phenoxy) is 2. The summed E-state index contributed by atoms with van der Waals surface area (Å²) in [6.07, 6.45) is 0. The van der Waals surface area contributed by atoms with Gasteiger partial charge in [-0.25, -0.2) is 15.0 Å². The Kier molecular flexibility index (Phi) is 5.14. The summed E-state index contributed by atoms with van der Waals surface area (Å²) in [6, 6.07) is 5.40. The fourth-order valence-electron chi connectivity index (χ4n) is 3.42. The van der Waals surface area contributed by atoms with Gasteiger partial charge in [0.2, 0.25) is 5.95 Å². The number of piperazine rings is 1. The Bertz CT molecular complexity index is 1030. The molecule has 0 saturated carbocycles. The summed E-state index contributed by atoms with van der Waals surface area (Å²) in [4.78, 5) is 22.1. The number of nitrogens with two attached hydrogens (primary N) is 1. The minimum atomic E-state index is 0.409. The van der Waals surface area contributed by atoms with Gasteiger partial charge in [0.1, 0.15) is 22.6 Å². The second-order valence-electron chi connectivity index (χ2n) is 6.70. The van der Waals surface area contributed by atoms with Gasteiger partial charge in [-0.2, -0.15) is 4.98 Å². The maximum Gasteiger partial charge on any atom is 0.228 e. The van der Waals surface area contributed by atoms with Crippen LogP contribution < -0.4 is 25.0 Å². The lowest BCUT2D eigenvalue weighted by atomic mass is 10.2. The molecule has 0 unspecified atom stereocenters. The highest BCUT2D eigenvalue weighted by atomic mass is 35.5. The maximum absolute atomic E-state index is 6.21. The number of rotatable bonds is 4. The Balaban J connectivity index is 1.58. The van der Waals surface area contributed by atoms with Gasteiger partial charge in [0.25, 0.3) is 0 Å². The molecule has 1 fully saturated rings. The molecular formula is C19H22ClN7O2. The number of nitrogen functional groups attached to an aromatic ring is 1. The first-order valence-corrected chi connectivity index (χ1v) is 9.56. The molecule has 29 heavy (non-hydrogen) atoms. The molecule has 10 heteroatoms. The molecule has 2 N–H and O–H groups in total. The minimum Gasteiger partial charge on any atom is -0.493 e. The van der Waals surface area contributed by atoms with Gasteiger partial charge < -0.3 is 25.0 Å². The number of fused-ring (bicyclic) bond motifs is 1. The molecule has 3 aromatic rings. The molecule has 9 nitrogen and oxygen atoms in total. The van der Waals surface area contributed by atoms with E-state index in [-0.39, 0.29) is 0 Å². The zero-order valence-corrected chi connectivity index (χ0v) is 17.3. The molecule has 2 aromatic heterocycles. The SMILES string of the molecule is COc1cc2nc(N3CCN(c4cc(Cl)nc(C)n4)CC3)nc(N)c2cc1OC. The Labute approximate surface area is 173 Å². The van der Waals surface area contributed by atoms with E-state index >= 15 is 0 Å². The van der Waals surface area contributed by atoms with Crippen LogP contribution in [0.25, 0.3) is 10.9 Å². The summed E-state index contributed by atoms with van der Waals surface area (Å²) in [5.74, 6) is 3.69. The normalized spacial score (nSPS) is 14.3. The first-order chi connectivity index (χ1) is 14.0. The average Bonchev–Trinajstić information content (AvgIpc) is 2.72. The van der Waals surface area contributed by atoms with Crippen LogP contribution in [-0.2, 0) is 0 Å². The van der Waals surface area contributed by atoms with Crippen LogP contribution in [0.5, 0.6) is 11.5 Å². The van der Waals surface area contributed by atoms with Crippen molar-refractivity contribution in [2.24, 2.45) is 0 Å². The molecule has 1 aliphatic heterocycles. The second-order valence-corrected chi connectivity index (χ2v) is 7.09. The lowest BCUT2D eigenvalue weighted by molar-refractivity contribution is 0.356. The average molecular weight is 416 g/mol. The van der Waals surface area contributed by atoms with Crippen LogP contribution in [0.3, 0.4) is 0 Å². The van der Waals surface area contributed by atoms with Gasteiger partial charge in [-0.3, -0.25) is 0 Å². The molecule has 0 bridgehead atoms. The van der Waals surface area contributed by atoms with Crippen LogP contribution in [-0.4, -0.2) is 60.3 Å². The third-order valence-corrected chi connectivity index (χ3v) is 5.09. The summed E-state index contributed by atoms with van der Waals surface area (Å²) in [7, 11) is 3.18. The molecule has 0 aliphatic carbocycles. The van der Waals surface area contributed by atoms with Crippen molar-refractivity contribution in [1.29, 1.82) is 0 Å². The van der Waals surface area contributed by atoms with Gasteiger partial charge >= 0.3 is 0 Å². The summed E-state index contributed by atoms with van der Waals surface area (Å²) >= 11 is 6.07. The number of benzene rings is 1. The summed E-state index contributed by atoms with van der Waals surface area (Å²) < 4.78 is 10.7. The van der Waals surface area contributed by atoms with Crippen LogP contribution >= 0.6 is 11.6 Å². The van der Waals surface area contributed by atoms with E-state index in [2.05, 4.69) is 24.8 Å². The number of aromatic nitrogens is 4. The van der Waals surface area contributed by atoms with Crippen molar-refractivity contribution in [2.75, 3.05) is 55.9 Å². The fourth-order valence-corrected chi connectivity index (χ4v) is 3.64. The lowest BCUT2D eigenvalue weighted by Crippen LogP contribution is -2.47. The lowest BCUT2D eigenvalue weighted by Gasteiger charge is -2.35. The number of anilines is 3. The Hall–Kier alpha value is -3.07. The number of methoxy groups -OCH3 is 2. The summed E-state index contributed by atoms with van der Waals surface area (Å²) in [6.45, 7) is 4.83. The van der Waals surface area contributed by atoms with E-state index in [1.807, 2.05) is 13.0 Å². The van der Waals surface area contributed by atoms with E-state index in [1.165, 1.54) is 0 Å². The van der Waals surface area contributed by atoms with Crippen LogP contribution in [0, 0.1) is 6.92 Å². The van der Waals surface area contributed by atoms with E-state index in [0.29, 0.717) is 39.8 Å². The molecule has 3 heterocycles. The summed E-state index contributed by atoms with van der Waals surface area (Å²) in [5, 5.41) is 1.18. The molecule has 4 rings (SSSR count). The van der Waals surface area contributed by atoms with Crippen LogP contribution in [0.15, 0.2) is 18.2 Å². The van der Waals surface area contributed by atoms with Gasteiger partial charge in [0.05, 0.1) is 19.7 Å². The quantitative estimate of drug-likeness (QED) is 0.643.